The molecular weight excluding hydrogens is 500 g/mol. The number of aromatic nitrogens is 5. The van der Waals surface area contributed by atoms with Crippen LogP contribution >= 0.6 is 11.6 Å². The second-order valence-electron chi connectivity index (χ2n) is 8.90. The molecule has 0 aliphatic heterocycles. The highest BCUT2D eigenvalue weighted by Crippen LogP contribution is 2.35. The van der Waals surface area contributed by atoms with Gasteiger partial charge < -0.3 is 13.6 Å². The lowest BCUT2D eigenvalue weighted by molar-refractivity contribution is -0.108. The fourth-order valence-corrected chi connectivity index (χ4v) is 4.84. The van der Waals surface area contributed by atoms with Crippen molar-refractivity contribution in [3.05, 3.63) is 114 Å². The summed E-state index contributed by atoms with van der Waals surface area (Å²) in [5, 5.41) is 1.41. The highest BCUT2D eigenvalue weighted by Gasteiger charge is 2.29. The number of pyridine rings is 1. The molecular formula is C29H23ClN6O2. The molecule has 1 atom stereocenters. The second-order valence-corrected chi connectivity index (χ2v) is 9.33. The summed E-state index contributed by atoms with van der Waals surface area (Å²) in [6.07, 6.45) is 10.2. The lowest BCUT2D eigenvalue weighted by Crippen LogP contribution is -2.31. The van der Waals surface area contributed by atoms with Gasteiger partial charge in [0.05, 0.1) is 18.2 Å². The maximum absolute atomic E-state index is 12.6. The zero-order valence-electron chi connectivity index (χ0n) is 20.5. The summed E-state index contributed by atoms with van der Waals surface area (Å²) in [6, 6.07) is 20.6. The smallest absolute Gasteiger partial charge is 0.217 e. The zero-order chi connectivity index (χ0) is 26.1. The number of imidazole rings is 2. The number of amides is 1. The molecule has 0 unspecified atom stereocenters. The molecule has 9 heteroatoms. The first-order valence-electron chi connectivity index (χ1n) is 12.0. The summed E-state index contributed by atoms with van der Waals surface area (Å²) in [5.41, 5.74) is 4.41. The fourth-order valence-electron chi connectivity index (χ4n) is 4.66. The van der Waals surface area contributed by atoms with Crippen LogP contribution < -0.4 is 4.90 Å². The molecule has 0 saturated heterocycles. The number of rotatable bonds is 8. The van der Waals surface area contributed by atoms with Gasteiger partial charge in [0.25, 0.3) is 0 Å². The van der Waals surface area contributed by atoms with Crippen LogP contribution in [0.25, 0.3) is 27.9 Å². The number of furan rings is 1. The van der Waals surface area contributed by atoms with Gasteiger partial charge in [-0.15, -0.1) is 0 Å². The van der Waals surface area contributed by atoms with Crippen LogP contribution in [-0.4, -0.2) is 30.5 Å². The average molecular weight is 523 g/mol. The SMILES string of the molecule is Cn1c(-c2ccc(-n3ccnc3)cc2)cnc1[C@H](Cc1ccccn1)N(C=O)c1cc2cc(Cl)ccc2o1. The minimum Gasteiger partial charge on any atom is -0.440 e. The summed E-state index contributed by atoms with van der Waals surface area (Å²) < 4.78 is 10.0. The van der Waals surface area contributed by atoms with Gasteiger partial charge >= 0.3 is 0 Å². The Hall–Kier alpha value is -4.69. The summed E-state index contributed by atoms with van der Waals surface area (Å²) in [4.78, 5) is 27.5. The van der Waals surface area contributed by atoms with Crippen LogP contribution in [-0.2, 0) is 18.3 Å². The van der Waals surface area contributed by atoms with Crippen molar-refractivity contribution in [3.63, 3.8) is 0 Å². The monoisotopic (exact) mass is 522 g/mol. The maximum Gasteiger partial charge on any atom is 0.217 e. The normalized spacial score (nSPS) is 12.1. The molecule has 6 aromatic rings. The number of carbonyl (C=O) groups is 1. The number of hydrogen-bond donors (Lipinski definition) is 0. The Morgan fingerprint density at radius 2 is 1.92 bits per heavy atom. The highest BCUT2D eigenvalue weighted by molar-refractivity contribution is 6.31. The van der Waals surface area contributed by atoms with Crippen LogP contribution in [0.3, 0.4) is 0 Å². The standard InChI is InChI=1S/C29H23ClN6O2/c1-34-26(20-5-8-24(9-6-20)35-13-12-31-18-35)17-33-29(34)25(16-23-4-2-3-11-32-23)36(19-37)28-15-21-14-22(30)7-10-27(21)38-28/h2-15,17-19,25H,16H2,1H3/t25-/m0/s1. The third-order valence-corrected chi connectivity index (χ3v) is 6.82. The molecule has 0 radical (unpaired) electrons. The van der Waals surface area contributed by atoms with E-state index in [0.717, 1.165) is 34.4 Å². The lowest BCUT2D eigenvalue weighted by atomic mass is 10.1. The summed E-state index contributed by atoms with van der Waals surface area (Å²) >= 11 is 6.18. The summed E-state index contributed by atoms with van der Waals surface area (Å²) in [7, 11) is 1.95. The molecule has 0 aliphatic rings. The first-order chi connectivity index (χ1) is 18.6. The maximum atomic E-state index is 12.6. The van der Waals surface area contributed by atoms with E-state index in [-0.39, 0.29) is 0 Å². The molecule has 6 rings (SSSR count). The quantitative estimate of drug-likeness (QED) is 0.228. The minimum absolute atomic E-state index is 0.410. The molecule has 4 aromatic heterocycles. The zero-order valence-corrected chi connectivity index (χ0v) is 21.2. The number of anilines is 1. The van der Waals surface area contributed by atoms with Crippen molar-refractivity contribution in [2.24, 2.45) is 7.05 Å². The molecule has 188 valence electrons. The minimum atomic E-state index is -0.470. The Balaban J connectivity index is 1.40. The molecule has 0 bridgehead atoms. The first-order valence-corrected chi connectivity index (χ1v) is 12.4. The van der Waals surface area contributed by atoms with Gasteiger partial charge in [-0.1, -0.05) is 29.8 Å². The average Bonchev–Trinajstić information content (AvgIpc) is 3.69. The highest BCUT2D eigenvalue weighted by atomic mass is 35.5. The molecule has 0 spiro atoms. The van der Waals surface area contributed by atoms with Gasteiger partial charge in [0.1, 0.15) is 17.4 Å². The molecule has 0 aliphatic carbocycles. The van der Waals surface area contributed by atoms with Crippen molar-refractivity contribution in [2.75, 3.05) is 4.90 Å². The van der Waals surface area contributed by atoms with E-state index in [4.69, 9.17) is 21.0 Å². The third kappa shape index (κ3) is 4.46. The lowest BCUT2D eigenvalue weighted by Gasteiger charge is -2.26. The van der Waals surface area contributed by atoms with E-state index < -0.39 is 6.04 Å². The van der Waals surface area contributed by atoms with E-state index in [1.54, 1.807) is 35.8 Å². The van der Waals surface area contributed by atoms with E-state index in [9.17, 15) is 4.79 Å². The second kappa shape index (κ2) is 9.99. The van der Waals surface area contributed by atoms with Crippen molar-refractivity contribution in [3.8, 4) is 16.9 Å². The van der Waals surface area contributed by atoms with Crippen molar-refractivity contribution in [1.82, 2.24) is 24.1 Å². The molecule has 2 aromatic carbocycles. The van der Waals surface area contributed by atoms with Gasteiger partial charge in [-0.05, 0) is 48.0 Å². The topological polar surface area (TPSA) is 82.0 Å². The predicted molar refractivity (Wildman–Crippen MR) is 146 cm³/mol. The Morgan fingerprint density at radius 3 is 2.66 bits per heavy atom. The first kappa shape index (κ1) is 23.7. The molecule has 8 nitrogen and oxygen atoms in total. The molecule has 0 fully saturated rings. The van der Waals surface area contributed by atoms with Gasteiger partial charge in [-0.3, -0.25) is 14.7 Å². The molecule has 1 amide bonds. The van der Waals surface area contributed by atoms with Crippen molar-refractivity contribution >= 4 is 34.9 Å². The number of halogens is 1. The van der Waals surface area contributed by atoms with Gasteiger partial charge in [0.15, 0.2) is 0 Å². The van der Waals surface area contributed by atoms with Gasteiger partial charge in [0.2, 0.25) is 12.3 Å². The van der Waals surface area contributed by atoms with E-state index in [0.29, 0.717) is 28.7 Å². The Morgan fingerprint density at radius 1 is 1.05 bits per heavy atom. The number of hydrogen-bond acceptors (Lipinski definition) is 5. The Kier molecular flexibility index (Phi) is 6.23. The fraction of sp³-hybridized carbons (Fsp3) is 0.103. The van der Waals surface area contributed by atoms with E-state index >= 15 is 0 Å². The number of carbonyl (C=O) groups excluding carboxylic acids is 1. The number of benzene rings is 2. The molecule has 0 saturated carbocycles. The molecule has 0 N–H and O–H groups in total. The van der Waals surface area contributed by atoms with Crippen molar-refractivity contribution in [1.29, 1.82) is 0 Å². The summed E-state index contributed by atoms with van der Waals surface area (Å²) in [5.74, 6) is 1.11. The largest absolute Gasteiger partial charge is 0.440 e. The van der Waals surface area contributed by atoms with Crippen molar-refractivity contribution in [2.45, 2.75) is 12.5 Å². The Labute approximate surface area is 223 Å². The Bertz CT molecular complexity index is 1690. The predicted octanol–water partition coefficient (Wildman–Crippen LogP) is 6.01. The van der Waals surface area contributed by atoms with Crippen LogP contribution in [0.15, 0.2) is 102 Å². The molecule has 4 heterocycles. The van der Waals surface area contributed by atoms with Crippen LogP contribution in [0.2, 0.25) is 5.02 Å². The number of nitrogens with zero attached hydrogens (tertiary/aromatic N) is 6. The van der Waals surface area contributed by atoms with Gasteiger partial charge in [-0.2, -0.15) is 0 Å². The van der Waals surface area contributed by atoms with Crippen LogP contribution in [0.4, 0.5) is 5.88 Å². The summed E-state index contributed by atoms with van der Waals surface area (Å²) in [6.45, 7) is 0. The third-order valence-electron chi connectivity index (χ3n) is 6.59. The van der Waals surface area contributed by atoms with E-state index in [2.05, 4.69) is 9.97 Å². The molecule has 38 heavy (non-hydrogen) atoms. The van der Waals surface area contributed by atoms with Crippen LogP contribution in [0.1, 0.15) is 17.6 Å². The number of fused-ring (bicyclic) bond motifs is 1. The van der Waals surface area contributed by atoms with Gasteiger partial charge in [0, 0.05) is 59.9 Å². The van der Waals surface area contributed by atoms with Crippen LogP contribution in [0.5, 0.6) is 0 Å². The van der Waals surface area contributed by atoms with E-state index in [1.807, 2.05) is 83.2 Å². The van der Waals surface area contributed by atoms with Gasteiger partial charge in [-0.25, -0.2) is 9.97 Å². The van der Waals surface area contributed by atoms with Crippen molar-refractivity contribution < 1.29 is 9.21 Å². The van der Waals surface area contributed by atoms with Crippen LogP contribution in [0, 0.1) is 0 Å². The van der Waals surface area contributed by atoms with E-state index in [1.165, 1.54) is 0 Å².